The van der Waals surface area contributed by atoms with Crippen molar-refractivity contribution in [1.29, 1.82) is 0 Å². The standard InChI is InChI=1S/C30H27F6N5O2/c31-29(32,33)20-8-10-22(11-9-20)38-28(43)39-26(16-19-18-37-25-7-2-1-6-24(19)25)27(42)41-14-12-40(13-15-41)23-5-3-4-21(17-23)30(34,35)36/h1-11,17-18,26,37H,12-16H2,(H2,38,39,43). The average Bonchev–Trinajstić information content (AvgIpc) is 3.38. The zero-order chi connectivity index (χ0) is 30.8. The molecule has 226 valence electrons. The predicted molar refractivity (Wildman–Crippen MR) is 150 cm³/mol. The maximum Gasteiger partial charge on any atom is 0.416 e. The van der Waals surface area contributed by atoms with Gasteiger partial charge in [-0.15, -0.1) is 0 Å². The van der Waals surface area contributed by atoms with E-state index in [-0.39, 0.29) is 38.3 Å². The van der Waals surface area contributed by atoms with Crippen LogP contribution in [0.2, 0.25) is 0 Å². The Morgan fingerprint density at radius 1 is 0.814 bits per heavy atom. The SMILES string of the molecule is O=C(Nc1ccc(C(F)(F)F)cc1)NC(Cc1c[nH]c2ccccc12)C(=O)N1CCN(c2cccc(C(F)(F)F)c2)CC1. The first-order valence-corrected chi connectivity index (χ1v) is 13.4. The topological polar surface area (TPSA) is 80.5 Å². The number of H-pyrrole nitrogens is 1. The number of carbonyl (C=O) groups is 2. The number of anilines is 2. The summed E-state index contributed by atoms with van der Waals surface area (Å²) in [4.78, 5) is 33.1. The summed E-state index contributed by atoms with van der Waals surface area (Å²) in [5, 5.41) is 6.00. The molecule has 0 bridgehead atoms. The van der Waals surface area contributed by atoms with Crippen molar-refractivity contribution in [2.45, 2.75) is 24.8 Å². The third-order valence-electron chi connectivity index (χ3n) is 7.30. The summed E-state index contributed by atoms with van der Waals surface area (Å²) >= 11 is 0. The number of piperazine rings is 1. The zero-order valence-electron chi connectivity index (χ0n) is 22.6. The Kier molecular flexibility index (Phi) is 8.25. The number of para-hydroxylation sites is 1. The molecule has 5 rings (SSSR count). The molecule has 0 radical (unpaired) electrons. The Labute approximate surface area is 242 Å². The van der Waals surface area contributed by atoms with E-state index in [0.717, 1.165) is 52.9 Å². The van der Waals surface area contributed by atoms with E-state index in [0.29, 0.717) is 5.69 Å². The fourth-order valence-electron chi connectivity index (χ4n) is 5.07. The Bertz CT molecular complexity index is 1590. The van der Waals surface area contributed by atoms with Gasteiger partial charge in [0.2, 0.25) is 5.91 Å². The number of benzene rings is 3. The molecule has 1 aromatic heterocycles. The van der Waals surface area contributed by atoms with Crippen LogP contribution < -0.4 is 15.5 Å². The summed E-state index contributed by atoms with van der Waals surface area (Å²) in [6, 6.07) is 14.5. The molecule has 4 aromatic rings. The molecule has 1 saturated heterocycles. The summed E-state index contributed by atoms with van der Waals surface area (Å²) in [6.07, 6.45) is -7.14. The van der Waals surface area contributed by atoms with Gasteiger partial charge in [-0.05, 0) is 54.1 Å². The molecule has 1 atom stereocenters. The van der Waals surface area contributed by atoms with Crippen LogP contribution in [0.3, 0.4) is 0 Å². The lowest BCUT2D eigenvalue weighted by atomic mass is 10.0. The van der Waals surface area contributed by atoms with Crippen molar-refractivity contribution in [3.63, 3.8) is 0 Å². The van der Waals surface area contributed by atoms with Crippen LogP contribution >= 0.6 is 0 Å². The lowest BCUT2D eigenvalue weighted by Gasteiger charge is -2.38. The molecule has 1 aliphatic heterocycles. The summed E-state index contributed by atoms with van der Waals surface area (Å²) in [5.74, 6) is -0.392. The third kappa shape index (κ3) is 7.04. The number of amides is 3. The predicted octanol–water partition coefficient (Wildman–Crippen LogP) is 6.29. The van der Waals surface area contributed by atoms with Crippen molar-refractivity contribution < 1.29 is 35.9 Å². The number of aromatic amines is 1. The van der Waals surface area contributed by atoms with Crippen LogP contribution in [0.25, 0.3) is 10.9 Å². The first kappa shape index (κ1) is 29.8. The van der Waals surface area contributed by atoms with Crippen molar-refractivity contribution in [1.82, 2.24) is 15.2 Å². The molecule has 0 saturated carbocycles. The van der Waals surface area contributed by atoms with E-state index in [9.17, 15) is 35.9 Å². The van der Waals surface area contributed by atoms with Crippen molar-refractivity contribution in [3.8, 4) is 0 Å². The van der Waals surface area contributed by atoms with Gasteiger partial charge in [0.1, 0.15) is 6.04 Å². The second kappa shape index (κ2) is 11.9. The number of nitrogens with one attached hydrogen (secondary N) is 3. The largest absolute Gasteiger partial charge is 0.416 e. The molecule has 1 fully saturated rings. The van der Waals surface area contributed by atoms with Gasteiger partial charge in [-0.3, -0.25) is 4.79 Å². The minimum atomic E-state index is -4.53. The Morgan fingerprint density at radius 2 is 1.49 bits per heavy atom. The molecule has 3 aromatic carbocycles. The molecule has 1 aliphatic rings. The van der Waals surface area contributed by atoms with Crippen molar-refractivity contribution in [2.75, 3.05) is 36.4 Å². The molecule has 1 unspecified atom stereocenters. The average molecular weight is 604 g/mol. The van der Waals surface area contributed by atoms with Crippen LogP contribution in [0.15, 0.2) is 79.0 Å². The van der Waals surface area contributed by atoms with E-state index >= 15 is 0 Å². The normalized spacial score (nSPS) is 14.9. The zero-order valence-corrected chi connectivity index (χ0v) is 22.6. The maximum absolute atomic E-state index is 13.7. The molecule has 0 spiro atoms. The Balaban J connectivity index is 1.30. The number of aromatic nitrogens is 1. The van der Waals surface area contributed by atoms with Crippen molar-refractivity contribution >= 4 is 34.2 Å². The first-order chi connectivity index (χ1) is 20.4. The number of rotatable bonds is 6. The van der Waals surface area contributed by atoms with Crippen LogP contribution in [-0.4, -0.2) is 54.0 Å². The van der Waals surface area contributed by atoms with E-state index < -0.39 is 41.5 Å². The summed E-state index contributed by atoms with van der Waals surface area (Å²) in [7, 11) is 0. The van der Waals surface area contributed by atoms with Crippen LogP contribution in [-0.2, 0) is 23.6 Å². The van der Waals surface area contributed by atoms with Gasteiger partial charge in [-0.2, -0.15) is 26.3 Å². The van der Waals surface area contributed by atoms with Gasteiger partial charge in [0.15, 0.2) is 0 Å². The van der Waals surface area contributed by atoms with Crippen LogP contribution in [0.4, 0.5) is 42.5 Å². The highest BCUT2D eigenvalue weighted by molar-refractivity contribution is 5.94. The van der Waals surface area contributed by atoms with Gasteiger partial charge in [0, 0.05) is 61.1 Å². The number of halogens is 6. The molecule has 2 heterocycles. The van der Waals surface area contributed by atoms with E-state index in [1.54, 1.807) is 22.1 Å². The van der Waals surface area contributed by atoms with Gasteiger partial charge in [0.05, 0.1) is 11.1 Å². The second-order valence-corrected chi connectivity index (χ2v) is 10.2. The Hall–Kier alpha value is -4.68. The maximum atomic E-state index is 13.7. The highest BCUT2D eigenvalue weighted by Crippen LogP contribution is 2.32. The monoisotopic (exact) mass is 603 g/mol. The summed E-state index contributed by atoms with van der Waals surface area (Å²) < 4.78 is 78.3. The first-order valence-electron chi connectivity index (χ1n) is 13.4. The van der Waals surface area contributed by atoms with Gasteiger partial charge in [-0.25, -0.2) is 4.79 Å². The number of nitrogens with zero attached hydrogens (tertiary/aromatic N) is 2. The Morgan fingerprint density at radius 3 is 2.16 bits per heavy atom. The van der Waals surface area contributed by atoms with E-state index in [2.05, 4.69) is 15.6 Å². The van der Waals surface area contributed by atoms with Crippen LogP contribution in [0, 0.1) is 0 Å². The molecule has 13 heteroatoms. The van der Waals surface area contributed by atoms with Crippen LogP contribution in [0.5, 0.6) is 0 Å². The van der Waals surface area contributed by atoms with Gasteiger partial charge in [-0.1, -0.05) is 24.3 Å². The third-order valence-corrected chi connectivity index (χ3v) is 7.30. The van der Waals surface area contributed by atoms with Gasteiger partial charge >= 0.3 is 18.4 Å². The lowest BCUT2D eigenvalue weighted by molar-refractivity contribution is -0.138. The van der Waals surface area contributed by atoms with E-state index in [4.69, 9.17) is 0 Å². The number of hydrogen-bond donors (Lipinski definition) is 3. The quantitative estimate of drug-likeness (QED) is 0.227. The number of urea groups is 1. The fourth-order valence-corrected chi connectivity index (χ4v) is 5.07. The number of hydrogen-bond acceptors (Lipinski definition) is 3. The molecule has 7 nitrogen and oxygen atoms in total. The molecule has 0 aliphatic carbocycles. The number of carbonyl (C=O) groups excluding carboxylic acids is 2. The molecule has 3 N–H and O–H groups in total. The van der Waals surface area contributed by atoms with Crippen molar-refractivity contribution in [2.24, 2.45) is 0 Å². The molecular formula is C30H27F6N5O2. The number of alkyl halides is 6. The van der Waals surface area contributed by atoms with Crippen LogP contribution in [0.1, 0.15) is 16.7 Å². The number of fused-ring (bicyclic) bond motifs is 1. The highest BCUT2D eigenvalue weighted by atomic mass is 19.4. The van der Waals surface area contributed by atoms with Gasteiger partial charge in [0.25, 0.3) is 0 Å². The van der Waals surface area contributed by atoms with Gasteiger partial charge < -0.3 is 25.4 Å². The minimum absolute atomic E-state index is 0.110. The summed E-state index contributed by atoms with van der Waals surface area (Å²) in [6.45, 7) is 0.985. The fraction of sp³-hybridized carbons (Fsp3) is 0.267. The van der Waals surface area contributed by atoms with E-state index in [1.165, 1.54) is 6.07 Å². The van der Waals surface area contributed by atoms with E-state index in [1.807, 2.05) is 24.3 Å². The smallest absolute Gasteiger partial charge is 0.368 e. The second-order valence-electron chi connectivity index (χ2n) is 10.2. The highest BCUT2D eigenvalue weighted by Gasteiger charge is 2.33. The summed E-state index contributed by atoms with van der Waals surface area (Å²) in [5.41, 5.74) is 0.490. The molecule has 43 heavy (non-hydrogen) atoms. The minimum Gasteiger partial charge on any atom is -0.368 e. The lowest BCUT2D eigenvalue weighted by Crippen LogP contribution is -2.56. The molecular weight excluding hydrogens is 576 g/mol. The molecule has 3 amide bonds. The van der Waals surface area contributed by atoms with Crippen molar-refractivity contribution in [3.05, 3.63) is 95.7 Å².